The highest BCUT2D eigenvalue weighted by Gasteiger charge is 2.28. The van der Waals surface area contributed by atoms with Gasteiger partial charge in [-0.25, -0.2) is 0 Å². The summed E-state index contributed by atoms with van der Waals surface area (Å²) in [4.78, 5) is 0. The maximum atomic E-state index is 6.44. The fourth-order valence-corrected chi connectivity index (χ4v) is 3.22. The van der Waals surface area contributed by atoms with E-state index in [1.54, 1.807) is 7.11 Å². The summed E-state index contributed by atoms with van der Waals surface area (Å²) in [5.74, 6) is 3.28. The van der Waals surface area contributed by atoms with E-state index in [1.165, 1.54) is 24.8 Å². The van der Waals surface area contributed by atoms with Crippen LogP contribution in [0.3, 0.4) is 0 Å². The zero-order valence-electron chi connectivity index (χ0n) is 12.4. The molecule has 19 heavy (non-hydrogen) atoms. The van der Waals surface area contributed by atoms with Crippen molar-refractivity contribution in [1.82, 2.24) is 0 Å². The third kappa shape index (κ3) is 3.73. The largest absolute Gasteiger partial charge is 0.497 e. The van der Waals surface area contributed by atoms with E-state index in [0.717, 1.165) is 24.0 Å². The first-order valence-electron chi connectivity index (χ1n) is 7.48. The van der Waals surface area contributed by atoms with Crippen LogP contribution in [0.15, 0.2) is 24.3 Å². The summed E-state index contributed by atoms with van der Waals surface area (Å²) < 4.78 is 5.27. The zero-order chi connectivity index (χ0) is 13.8. The molecule has 1 aromatic rings. The van der Waals surface area contributed by atoms with Crippen molar-refractivity contribution in [3.63, 3.8) is 0 Å². The van der Waals surface area contributed by atoms with Crippen LogP contribution in [0.5, 0.6) is 5.75 Å². The highest BCUT2D eigenvalue weighted by molar-refractivity contribution is 5.29. The van der Waals surface area contributed by atoms with Crippen molar-refractivity contribution in [3.8, 4) is 5.75 Å². The van der Waals surface area contributed by atoms with Crippen molar-refractivity contribution in [1.29, 1.82) is 0 Å². The van der Waals surface area contributed by atoms with Crippen molar-refractivity contribution >= 4 is 0 Å². The average Bonchev–Trinajstić information content (AvgIpc) is 2.42. The second kappa shape index (κ2) is 6.42. The normalized spacial score (nSPS) is 28.9. The number of hydrogen-bond acceptors (Lipinski definition) is 2. The van der Waals surface area contributed by atoms with Gasteiger partial charge in [-0.3, -0.25) is 0 Å². The fourth-order valence-electron chi connectivity index (χ4n) is 3.22. The number of methoxy groups -OCH3 is 1. The van der Waals surface area contributed by atoms with Gasteiger partial charge in [-0.05, 0) is 54.7 Å². The molecule has 0 heterocycles. The summed E-state index contributed by atoms with van der Waals surface area (Å²) in [5, 5.41) is 0. The third-order valence-electron chi connectivity index (χ3n) is 4.85. The van der Waals surface area contributed by atoms with Crippen LogP contribution in [-0.4, -0.2) is 13.2 Å². The van der Waals surface area contributed by atoms with Gasteiger partial charge in [0.25, 0.3) is 0 Å². The molecule has 1 aliphatic rings. The smallest absolute Gasteiger partial charge is 0.119 e. The van der Waals surface area contributed by atoms with Gasteiger partial charge in [-0.1, -0.05) is 32.4 Å². The number of benzene rings is 1. The summed E-state index contributed by atoms with van der Waals surface area (Å²) >= 11 is 0. The molecule has 1 aromatic carbocycles. The standard InChI is InChI=1S/C17H27NO/c1-12-7-8-15(9-13(12)2)17(18)11-14-5-4-6-16(10-14)19-3/h4-6,10,12-13,15,17H,7-9,11,18H2,1-3H3. The summed E-state index contributed by atoms with van der Waals surface area (Å²) in [6, 6.07) is 8.57. The molecular weight excluding hydrogens is 234 g/mol. The topological polar surface area (TPSA) is 35.2 Å². The summed E-state index contributed by atoms with van der Waals surface area (Å²) in [5.41, 5.74) is 7.73. The van der Waals surface area contributed by atoms with Crippen molar-refractivity contribution in [2.45, 2.75) is 45.6 Å². The summed E-state index contributed by atoms with van der Waals surface area (Å²) in [6.45, 7) is 4.74. The van der Waals surface area contributed by atoms with Crippen molar-refractivity contribution in [2.24, 2.45) is 23.5 Å². The second-order valence-electron chi connectivity index (χ2n) is 6.25. The van der Waals surface area contributed by atoms with Gasteiger partial charge in [-0.2, -0.15) is 0 Å². The molecule has 0 amide bonds. The van der Waals surface area contributed by atoms with Crippen molar-refractivity contribution in [2.75, 3.05) is 7.11 Å². The lowest BCUT2D eigenvalue weighted by Gasteiger charge is -2.35. The molecule has 0 saturated heterocycles. The third-order valence-corrected chi connectivity index (χ3v) is 4.85. The minimum Gasteiger partial charge on any atom is -0.497 e. The van der Waals surface area contributed by atoms with Crippen LogP contribution < -0.4 is 10.5 Å². The van der Waals surface area contributed by atoms with Crippen LogP contribution in [0.25, 0.3) is 0 Å². The quantitative estimate of drug-likeness (QED) is 0.898. The van der Waals surface area contributed by atoms with Gasteiger partial charge in [0.1, 0.15) is 5.75 Å². The molecule has 2 heteroatoms. The molecule has 0 spiro atoms. The number of hydrogen-bond donors (Lipinski definition) is 1. The molecule has 0 aliphatic heterocycles. The number of nitrogens with two attached hydrogens (primary N) is 1. The van der Waals surface area contributed by atoms with E-state index in [0.29, 0.717) is 5.92 Å². The Bertz CT molecular complexity index is 404. The molecular formula is C17H27NO. The highest BCUT2D eigenvalue weighted by atomic mass is 16.5. The van der Waals surface area contributed by atoms with Crippen LogP contribution in [0.2, 0.25) is 0 Å². The summed E-state index contributed by atoms with van der Waals surface area (Å²) in [6.07, 6.45) is 4.86. The molecule has 0 aromatic heterocycles. The molecule has 0 bridgehead atoms. The lowest BCUT2D eigenvalue weighted by Crippen LogP contribution is -2.36. The van der Waals surface area contributed by atoms with Crippen molar-refractivity contribution in [3.05, 3.63) is 29.8 Å². The molecule has 2 nitrogen and oxygen atoms in total. The minimum absolute atomic E-state index is 0.280. The van der Waals surface area contributed by atoms with Crippen LogP contribution in [0.1, 0.15) is 38.7 Å². The van der Waals surface area contributed by atoms with E-state index in [1.807, 2.05) is 12.1 Å². The van der Waals surface area contributed by atoms with Gasteiger partial charge in [0.15, 0.2) is 0 Å². The van der Waals surface area contributed by atoms with Gasteiger partial charge < -0.3 is 10.5 Å². The fraction of sp³-hybridized carbons (Fsp3) is 0.647. The van der Waals surface area contributed by atoms with E-state index >= 15 is 0 Å². The average molecular weight is 261 g/mol. The number of ether oxygens (including phenoxy) is 1. The van der Waals surface area contributed by atoms with Gasteiger partial charge in [0, 0.05) is 6.04 Å². The second-order valence-corrected chi connectivity index (χ2v) is 6.25. The van der Waals surface area contributed by atoms with E-state index in [-0.39, 0.29) is 6.04 Å². The Labute approximate surface area is 117 Å². The van der Waals surface area contributed by atoms with Gasteiger partial charge >= 0.3 is 0 Å². The van der Waals surface area contributed by atoms with Crippen LogP contribution in [-0.2, 0) is 6.42 Å². The lowest BCUT2D eigenvalue weighted by molar-refractivity contribution is 0.185. The Hall–Kier alpha value is -1.02. The first-order chi connectivity index (χ1) is 9.10. The van der Waals surface area contributed by atoms with Crippen LogP contribution in [0.4, 0.5) is 0 Å². The Morgan fingerprint density at radius 1 is 1.26 bits per heavy atom. The molecule has 0 radical (unpaired) electrons. The monoisotopic (exact) mass is 261 g/mol. The Kier molecular flexibility index (Phi) is 4.87. The molecule has 1 saturated carbocycles. The van der Waals surface area contributed by atoms with Crippen LogP contribution in [0, 0.1) is 17.8 Å². The predicted molar refractivity (Wildman–Crippen MR) is 80.3 cm³/mol. The Balaban J connectivity index is 1.94. The van der Waals surface area contributed by atoms with E-state index in [4.69, 9.17) is 10.5 Å². The van der Waals surface area contributed by atoms with E-state index < -0.39 is 0 Å². The first kappa shape index (κ1) is 14.4. The molecule has 106 valence electrons. The van der Waals surface area contributed by atoms with Crippen molar-refractivity contribution < 1.29 is 4.74 Å². The SMILES string of the molecule is COc1cccc(CC(N)C2CCC(C)C(C)C2)c1. The Morgan fingerprint density at radius 2 is 2.05 bits per heavy atom. The molecule has 1 fully saturated rings. The van der Waals surface area contributed by atoms with Gasteiger partial charge in [-0.15, -0.1) is 0 Å². The predicted octanol–water partition coefficient (Wildman–Crippen LogP) is 3.64. The van der Waals surface area contributed by atoms with Gasteiger partial charge in [0.05, 0.1) is 7.11 Å². The highest BCUT2D eigenvalue weighted by Crippen LogP contribution is 2.35. The zero-order valence-corrected chi connectivity index (χ0v) is 12.4. The molecule has 2 rings (SSSR count). The minimum atomic E-state index is 0.280. The molecule has 2 N–H and O–H groups in total. The van der Waals surface area contributed by atoms with Crippen LogP contribution >= 0.6 is 0 Å². The van der Waals surface area contributed by atoms with Gasteiger partial charge in [0.2, 0.25) is 0 Å². The maximum Gasteiger partial charge on any atom is 0.119 e. The Morgan fingerprint density at radius 3 is 2.74 bits per heavy atom. The summed E-state index contributed by atoms with van der Waals surface area (Å²) in [7, 11) is 1.71. The molecule has 4 unspecified atom stereocenters. The van der Waals surface area contributed by atoms with E-state index in [2.05, 4.69) is 26.0 Å². The van der Waals surface area contributed by atoms with E-state index in [9.17, 15) is 0 Å². The molecule has 4 atom stereocenters. The number of rotatable bonds is 4. The first-order valence-corrected chi connectivity index (χ1v) is 7.48. The lowest BCUT2D eigenvalue weighted by atomic mass is 9.72. The maximum absolute atomic E-state index is 6.44. The molecule has 1 aliphatic carbocycles.